The number of fused-ring (bicyclic) bond motifs is 1. The Morgan fingerprint density at radius 3 is 2.45 bits per heavy atom. The molecular formula is C15H23BrN2O2. The van der Waals surface area contributed by atoms with Gasteiger partial charge in [-0.25, -0.2) is 4.79 Å². The van der Waals surface area contributed by atoms with E-state index < -0.39 is 5.60 Å². The van der Waals surface area contributed by atoms with E-state index in [4.69, 9.17) is 10.5 Å². The van der Waals surface area contributed by atoms with Crippen LogP contribution in [0.5, 0.6) is 0 Å². The van der Waals surface area contributed by atoms with Crippen molar-refractivity contribution in [1.29, 1.82) is 0 Å². The molecule has 0 unspecified atom stereocenters. The molecule has 0 fully saturated rings. The van der Waals surface area contributed by atoms with Crippen molar-refractivity contribution in [2.45, 2.75) is 53.3 Å². The molecule has 0 spiro atoms. The van der Waals surface area contributed by atoms with Crippen LogP contribution in [0.3, 0.4) is 0 Å². The first-order valence-corrected chi connectivity index (χ1v) is 7.60. The van der Waals surface area contributed by atoms with Crippen LogP contribution >= 0.6 is 15.9 Å². The molecule has 1 amide bonds. The summed E-state index contributed by atoms with van der Waals surface area (Å²) in [6, 6.07) is 3.77. The second-order valence-electron chi connectivity index (χ2n) is 5.48. The van der Waals surface area contributed by atoms with Gasteiger partial charge in [-0.05, 0) is 44.0 Å². The van der Waals surface area contributed by atoms with Crippen molar-refractivity contribution in [1.82, 2.24) is 4.90 Å². The Bertz CT molecular complexity index is 495. The molecule has 0 radical (unpaired) electrons. The lowest BCUT2D eigenvalue weighted by molar-refractivity contribution is 0.0241. The van der Waals surface area contributed by atoms with Gasteiger partial charge in [-0.3, -0.25) is 4.90 Å². The zero-order chi connectivity index (χ0) is 15.5. The van der Waals surface area contributed by atoms with E-state index >= 15 is 0 Å². The molecule has 0 saturated carbocycles. The van der Waals surface area contributed by atoms with E-state index in [9.17, 15) is 4.79 Å². The fourth-order valence-electron chi connectivity index (χ4n) is 1.94. The van der Waals surface area contributed by atoms with Gasteiger partial charge in [-0.1, -0.05) is 29.8 Å². The van der Waals surface area contributed by atoms with Crippen molar-refractivity contribution in [2.75, 3.05) is 5.73 Å². The third kappa shape index (κ3) is 4.13. The number of benzene rings is 1. The maximum Gasteiger partial charge on any atom is 0.410 e. The monoisotopic (exact) mass is 342 g/mol. The van der Waals surface area contributed by atoms with Crippen molar-refractivity contribution < 1.29 is 9.53 Å². The topological polar surface area (TPSA) is 55.6 Å². The number of hydrogen-bond acceptors (Lipinski definition) is 3. The zero-order valence-corrected chi connectivity index (χ0v) is 14.4. The summed E-state index contributed by atoms with van der Waals surface area (Å²) in [5, 5.41) is 0. The third-order valence-electron chi connectivity index (χ3n) is 2.67. The summed E-state index contributed by atoms with van der Waals surface area (Å²) < 4.78 is 6.31. The van der Waals surface area contributed by atoms with Crippen molar-refractivity contribution in [3.63, 3.8) is 0 Å². The molecule has 0 aromatic heterocycles. The van der Waals surface area contributed by atoms with E-state index in [1.165, 1.54) is 0 Å². The molecule has 2 N–H and O–H groups in total. The molecule has 1 heterocycles. The molecule has 112 valence electrons. The summed E-state index contributed by atoms with van der Waals surface area (Å²) >= 11 is 3.48. The van der Waals surface area contributed by atoms with Crippen molar-refractivity contribution >= 4 is 27.7 Å². The number of nitrogens with zero attached hydrogens (tertiary/aromatic N) is 1. The molecule has 0 saturated heterocycles. The Labute approximate surface area is 129 Å². The van der Waals surface area contributed by atoms with E-state index in [0.29, 0.717) is 18.8 Å². The van der Waals surface area contributed by atoms with Gasteiger partial charge in [0.1, 0.15) is 5.60 Å². The maximum atomic E-state index is 12.0. The van der Waals surface area contributed by atoms with Gasteiger partial charge >= 0.3 is 6.09 Å². The number of carbonyl (C=O) groups is 1. The lowest BCUT2D eigenvalue weighted by Gasteiger charge is -2.24. The number of hydrogen-bond donors (Lipinski definition) is 1. The van der Waals surface area contributed by atoms with E-state index in [2.05, 4.69) is 15.9 Å². The van der Waals surface area contributed by atoms with E-state index in [0.717, 1.165) is 15.6 Å². The average molecular weight is 343 g/mol. The van der Waals surface area contributed by atoms with Crippen LogP contribution in [0.4, 0.5) is 10.5 Å². The Kier molecular flexibility index (Phi) is 5.45. The number of anilines is 1. The molecule has 5 heteroatoms. The molecule has 20 heavy (non-hydrogen) atoms. The normalized spacial score (nSPS) is 13.4. The number of nitrogen functional groups attached to an aromatic ring is 1. The standard InChI is InChI=1S/C13H17BrN2O2.C2H6/c1-13(2,3)18-12(17)16-6-8-4-9(15)5-11(14)10(8)7-16;1-2/h4-5H,6-7,15H2,1-3H3;1-2H3. The van der Waals surface area contributed by atoms with Crippen molar-refractivity contribution in [3.8, 4) is 0 Å². The van der Waals surface area contributed by atoms with E-state index in [1.54, 1.807) is 4.90 Å². The first kappa shape index (κ1) is 16.8. The molecule has 2 rings (SSSR count). The first-order chi connectivity index (χ1) is 9.26. The van der Waals surface area contributed by atoms with Gasteiger partial charge in [0, 0.05) is 16.7 Å². The van der Waals surface area contributed by atoms with Crippen LogP contribution in [-0.2, 0) is 17.8 Å². The summed E-state index contributed by atoms with van der Waals surface area (Å²) in [4.78, 5) is 13.7. The van der Waals surface area contributed by atoms with Crippen LogP contribution in [0.25, 0.3) is 0 Å². The smallest absolute Gasteiger partial charge is 0.410 e. The van der Waals surface area contributed by atoms with Crippen molar-refractivity contribution in [3.05, 3.63) is 27.7 Å². The summed E-state index contributed by atoms with van der Waals surface area (Å²) in [5.41, 5.74) is 8.20. The van der Waals surface area contributed by atoms with Crippen LogP contribution in [0.1, 0.15) is 45.7 Å². The number of nitrogens with two attached hydrogens (primary N) is 1. The minimum absolute atomic E-state index is 0.288. The summed E-state index contributed by atoms with van der Waals surface area (Å²) in [6.45, 7) is 10.7. The fourth-order valence-corrected chi connectivity index (χ4v) is 2.59. The molecule has 4 nitrogen and oxygen atoms in total. The van der Waals surface area contributed by atoms with Crippen LogP contribution in [0.2, 0.25) is 0 Å². The molecular weight excluding hydrogens is 320 g/mol. The summed E-state index contributed by atoms with van der Waals surface area (Å²) in [5.74, 6) is 0. The van der Waals surface area contributed by atoms with Crippen LogP contribution < -0.4 is 5.73 Å². The second kappa shape index (κ2) is 6.48. The van der Waals surface area contributed by atoms with Gasteiger partial charge in [-0.15, -0.1) is 0 Å². The molecule has 0 aliphatic carbocycles. The quantitative estimate of drug-likeness (QED) is 0.714. The van der Waals surface area contributed by atoms with Gasteiger partial charge in [-0.2, -0.15) is 0 Å². The largest absolute Gasteiger partial charge is 0.444 e. The Balaban J connectivity index is 0.000000956. The summed E-state index contributed by atoms with van der Waals surface area (Å²) in [6.07, 6.45) is -0.288. The minimum Gasteiger partial charge on any atom is -0.444 e. The predicted octanol–water partition coefficient (Wildman–Crippen LogP) is 4.31. The minimum atomic E-state index is -0.470. The molecule has 1 aromatic rings. The SMILES string of the molecule is CC.CC(C)(C)OC(=O)N1Cc2cc(N)cc(Br)c2C1. The highest BCUT2D eigenvalue weighted by Crippen LogP contribution is 2.32. The number of amides is 1. The third-order valence-corrected chi connectivity index (χ3v) is 3.38. The Morgan fingerprint density at radius 2 is 1.90 bits per heavy atom. The number of halogens is 1. The van der Waals surface area contributed by atoms with Gasteiger partial charge in [0.05, 0.1) is 6.54 Å². The second-order valence-corrected chi connectivity index (χ2v) is 6.33. The van der Waals surface area contributed by atoms with Gasteiger partial charge in [0.15, 0.2) is 0 Å². The van der Waals surface area contributed by atoms with E-state index in [-0.39, 0.29) is 6.09 Å². The van der Waals surface area contributed by atoms with Crippen LogP contribution in [0.15, 0.2) is 16.6 Å². The van der Waals surface area contributed by atoms with E-state index in [1.807, 2.05) is 46.8 Å². The molecule has 1 aliphatic rings. The predicted molar refractivity (Wildman–Crippen MR) is 85.4 cm³/mol. The molecule has 1 aromatic carbocycles. The zero-order valence-electron chi connectivity index (χ0n) is 12.8. The van der Waals surface area contributed by atoms with Crippen molar-refractivity contribution in [2.24, 2.45) is 0 Å². The highest BCUT2D eigenvalue weighted by Gasteiger charge is 2.29. The average Bonchev–Trinajstić information content (AvgIpc) is 2.73. The van der Waals surface area contributed by atoms with Gasteiger partial charge in [0.25, 0.3) is 0 Å². The highest BCUT2D eigenvalue weighted by atomic mass is 79.9. The van der Waals surface area contributed by atoms with Gasteiger partial charge < -0.3 is 10.5 Å². The number of rotatable bonds is 0. The maximum absolute atomic E-state index is 12.0. The number of carbonyl (C=O) groups excluding carboxylic acids is 1. The molecule has 1 aliphatic heterocycles. The lowest BCUT2D eigenvalue weighted by Crippen LogP contribution is -2.33. The molecule has 0 bridgehead atoms. The first-order valence-electron chi connectivity index (χ1n) is 6.81. The highest BCUT2D eigenvalue weighted by molar-refractivity contribution is 9.10. The fraction of sp³-hybridized carbons (Fsp3) is 0.533. The van der Waals surface area contributed by atoms with Crippen LogP contribution in [0, 0.1) is 0 Å². The van der Waals surface area contributed by atoms with Crippen LogP contribution in [-0.4, -0.2) is 16.6 Å². The molecule has 0 atom stereocenters. The summed E-state index contributed by atoms with van der Waals surface area (Å²) in [7, 11) is 0. The van der Waals surface area contributed by atoms with Gasteiger partial charge in [0.2, 0.25) is 0 Å². The Hall–Kier alpha value is -1.23. The number of ether oxygens (including phenoxy) is 1. The Morgan fingerprint density at radius 1 is 1.30 bits per heavy atom. The lowest BCUT2D eigenvalue weighted by atomic mass is 10.1.